The van der Waals surface area contributed by atoms with Crippen LogP contribution in [-0.2, 0) is 19.1 Å². The van der Waals surface area contributed by atoms with Gasteiger partial charge in [0.2, 0.25) is 17.7 Å². The van der Waals surface area contributed by atoms with Gasteiger partial charge >= 0.3 is 0 Å². The van der Waals surface area contributed by atoms with E-state index in [2.05, 4.69) is 0 Å². The molecule has 2 saturated heterocycles. The average molecular weight is 508 g/mol. The van der Waals surface area contributed by atoms with Crippen LogP contribution in [0.4, 0.5) is 5.69 Å². The van der Waals surface area contributed by atoms with Crippen molar-refractivity contribution in [3.8, 4) is 0 Å². The minimum Gasteiger partial charge on any atom is -0.396 e. The standard InChI is InChI=1S/C29H37N3O5/c1-5-28-14-9-16-30(20-12-7-6-8-13-20)24(34)21(28)22-25(35)31(17-11-19-33)23-26(36)32(27(2,3)4)18-10-15-29(22,23)37-28/h6-10,12-15,21-23,33H,5,11,16-19H2,1-4H3/t21-,22+,23?,28+,29+/m1/s1. The number of carbonyl (C=O) groups is 3. The van der Waals surface area contributed by atoms with E-state index in [9.17, 15) is 19.5 Å². The smallest absolute Gasteiger partial charge is 0.249 e. The fraction of sp³-hybridized carbons (Fsp3) is 0.552. The van der Waals surface area contributed by atoms with Crippen molar-refractivity contribution < 1.29 is 24.2 Å². The highest BCUT2D eigenvalue weighted by molar-refractivity contribution is 6.04. The fourth-order valence-electron chi connectivity index (χ4n) is 6.68. The van der Waals surface area contributed by atoms with E-state index < -0.39 is 34.6 Å². The molecule has 198 valence electrons. The van der Waals surface area contributed by atoms with Gasteiger partial charge in [-0.25, -0.2) is 0 Å². The number of hydrogen-bond acceptors (Lipinski definition) is 5. The van der Waals surface area contributed by atoms with Crippen LogP contribution in [0, 0.1) is 11.8 Å². The van der Waals surface area contributed by atoms with Crippen LogP contribution in [0.15, 0.2) is 54.6 Å². The molecule has 8 nitrogen and oxygen atoms in total. The van der Waals surface area contributed by atoms with Gasteiger partial charge in [-0.1, -0.05) is 49.4 Å². The van der Waals surface area contributed by atoms with Crippen molar-refractivity contribution in [3.63, 3.8) is 0 Å². The van der Waals surface area contributed by atoms with Gasteiger partial charge in [-0.15, -0.1) is 0 Å². The molecule has 4 heterocycles. The molecular formula is C29H37N3O5. The predicted molar refractivity (Wildman–Crippen MR) is 140 cm³/mol. The molecule has 4 aliphatic rings. The van der Waals surface area contributed by atoms with Crippen molar-refractivity contribution in [1.29, 1.82) is 0 Å². The first-order valence-corrected chi connectivity index (χ1v) is 13.3. The molecule has 1 aromatic carbocycles. The molecular weight excluding hydrogens is 470 g/mol. The Morgan fingerprint density at radius 3 is 2.32 bits per heavy atom. The SMILES string of the molecule is CC[C@]12C=CCN(c3ccccc3)C(=O)[C@H]1[C@H]1C(=O)N(CCCO)C3C(=O)N(C(C)(C)C)CC=C[C@@]31O2. The summed E-state index contributed by atoms with van der Waals surface area (Å²) in [7, 11) is 0. The summed E-state index contributed by atoms with van der Waals surface area (Å²) in [6, 6.07) is 8.55. The summed E-state index contributed by atoms with van der Waals surface area (Å²) in [6.07, 6.45) is 8.50. The highest BCUT2D eigenvalue weighted by Crippen LogP contribution is 2.58. The van der Waals surface area contributed by atoms with Gasteiger partial charge in [0, 0.05) is 37.5 Å². The molecule has 0 aliphatic carbocycles. The highest BCUT2D eigenvalue weighted by Gasteiger charge is 2.75. The normalized spacial score (nSPS) is 33.4. The summed E-state index contributed by atoms with van der Waals surface area (Å²) in [6.45, 7) is 8.77. The zero-order chi connectivity index (χ0) is 26.6. The number of benzene rings is 1. The number of anilines is 1. The van der Waals surface area contributed by atoms with Gasteiger partial charge in [-0.05, 0) is 45.7 Å². The van der Waals surface area contributed by atoms with E-state index in [0.717, 1.165) is 5.69 Å². The summed E-state index contributed by atoms with van der Waals surface area (Å²) < 4.78 is 6.95. The highest BCUT2D eigenvalue weighted by atomic mass is 16.5. The lowest BCUT2D eigenvalue weighted by molar-refractivity contribution is -0.155. The number of para-hydroxylation sites is 1. The lowest BCUT2D eigenvalue weighted by Gasteiger charge is -2.41. The van der Waals surface area contributed by atoms with E-state index in [1.807, 2.05) is 82.3 Å². The van der Waals surface area contributed by atoms with E-state index in [4.69, 9.17) is 4.74 Å². The Kier molecular flexibility index (Phi) is 6.31. The molecule has 1 N–H and O–H groups in total. The molecule has 3 amide bonds. The number of carbonyl (C=O) groups excluding carboxylic acids is 3. The molecule has 1 aromatic rings. The number of amides is 3. The second kappa shape index (κ2) is 9.10. The van der Waals surface area contributed by atoms with Gasteiger partial charge in [-0.3, -0.25) is 14.4 Å². The van der Waals surface area contributed by atoms with E-state index in [1.54, 1.807) is 14.7 Å². The van der Waals surface area contributed by atoms with Gasteiger partial charge < -0.3 is 24.5 Å². The number of hydrogen-bond donors (Lipinski definition) is 1. The Balaban J connectivity index is 1.67. The van der Waals surface area contributed by atoms with Crippen molar-refractivity contribution >= 4 is 23.4 Å². The summed E-state index contributed by atoms with van der Waals surface area (Å²) in [5, 5.41) is 9.57. The molecule has 5 atom stereocenters. The van der Waals surface area contributed by atoms with Crippen molar-refractivity contribution in [2.75, 3.05) is 31.1 Å². The fourth-order valence-corrected chi connectivity index (χ4v) is 6.68. The molecule has 2 fully saturated rings. The zero-order valence-corrected chi connectivity index (χ0v) is 22.1. The third-order valence-corrected chi connectivity index (χ3v) is 8.37. The monoisotopic (exact) mass is 507 g/mol. The van der Waals surface area contributed by atoms with Crippen LogP contribution in [0.2, 0.25) is 0 Å². The predicted octanol–water partition coefficient (Wildman–Crippen LogP) is 2.53. The minimum absolute atomic E-state index is 0.103. The van der Waals surface area contributed by atoms with Crippen LogP contribution >= 0.6 is 0 Å². The molecule has 1 spiro atoms. The Bertz CT molecular complexity index is 1140. The average Bonchev–Trinajstić information content (AvgIpc) is 3.14. The van der Waals surface area contributed by atoms with Crippen molar-refractivity contribution in [3.05, 3.63) is 54.6 Å². The van der Waals surface area contributed by atoms with E-state index in [-0.39, 0.29) is 30.9 Å². The summed E-state index contributed by atoms with van der Waals surface area (Å²) in [5.41, 5.74) is -1.99. The number of aliphatic hydroxyl groups excluding tert-OH is 1. The Labute approximate surface area is 218 Å². The third-order valence-electron chi connectivity index (χ3n) is 8.37. The number of ether oxygens (including phenoxy) is 1. The zero-order valence-electron chi connectivity index (χ0n) is 22.1. The van der Waals surface area contributed by atoms with Crippen LogP contribution in [-0.4, -0.2) is 81.7 Å². The lowest BCUT2D eigenvalue weighted by Crippen LogP contribution is -2.59. The van der Waals surface area contributed by atoms with Crippen molar-refractivity contribution in [1.82, 2.24) is 9.80 Å². The first-order chi connectivity index (χ1) is 17.6. The van der Waals surface area contributed by atoms with E-state index in [0.29, 0.717) is 25.9 Å². The largest absolute Gasteiger partial charge is 0.396 e. The molecule has 0 saturated carbocycles. The number of likely N-dealkylation sites (tertiary alicyclic amines) is 1. The Morgan fingerprint density at radius 1 is 0.973 bits per heavy atom. The van der Waals surface area contributed by atoms with Crippen LogP contribution < -0.4 is 4.90 Å². The number of fused-ring (bicyclic) bond motifs is 2. The third kappa shape index (κ3) is 3.76. The number of nitrogens with zero attached hydrogens (tertiary/aromatic N) is 3. The van der Waals surface area contributed by atoms with Crippen molar-refractivity contribution in [2.24, 2.45) is 11.8 Å². The lowest BCUT2D eigenvalue weighted by atomic mass is 9.73. The second-order valence-electron chi connectivity index (χ2n) is 11.4. The molecule has 37 heavy (non-hydrogen) atoms. The molecule has 0 aromatic heterocycles. The van der Waals surface area contributed by atoms with Gasteiger partial charge in [0.1, 0.15) is 11.6 Å². The van der Waals surface area contributed by atoms with Crippen molar-refractivity contribution in [2.45, 2.75) is 63.3 Å². The van der Waals surface area contributed by atoms with Crippen LogP contribution in [0.25, 0.3) is 0 Å². The molecule has 5 rings (SSSR count). The Morgan fingerprint density at radius 2 is 1.68 bits per heavy atom. The van der Waals surface area contributed by atoms with Gasteiger partial charge in [-0.2, -0.15) is 0 Å². The molecule has 0 radical (unpaired) electrons. The van der Waals surface area contributed by atoms with Gasteiger partial charge in [0.15, 0.2) is 0 Å². The van der Waals surface area contributed by atoms with Crippen LogP contribution in [0.1, 0.15) is 40.5 Å². The minimum atomic E-state index is -1.27. The second-order valence-corrected chi connectivity index (χ2v) is 11.4. The first-order valence-electron chi connectivity index (χ1n) is 13.3. The summed E-state index contributed by atoms with van der Waals surface area (Å²) in [5.74, 6) is -2.26. The van der Waals surface area contributed by atoms with Crippen LogP contribution in [0.5, 0.6) is 0 Å². The maximum absolute atomic E-state index is 14.3. The molecule has 4 aliphatic heterocycles. The van der Waals surface area contributed by atoms with E-state index >= 15 is 0 Å². The first kappa shape index (κ1) is 25.7. The molecule has 8 heteroatoms. The number of rotatable bonds is 5. The van der Waals surface area contributed by atoms with Crippen LogP contribution in [0.3, 0.4) is 0 Å². The quantitative estimate of drug-likeness (QED) is 0.619. The number of aliphatic hydroxyl groups is 1. The summed E-state index contributed by atoms with van der Waals surface area (Å²) >= 11 is 0. The molecule has 0 bridgehead atoms. The van der Waals surface area contributed by atoms with E-state index in [1.165, 1.54) is 0 Å². The Hall–Kier alpha value is -2.97. The maximum Gasteiger partial charge on any atom is 0.249 e. The van der Waals surface area contributed by atoms with Gasteiger partial charge in [0.05, 0.1) is 17.4 Å². The summed E-state index contributed by atoms with van der Waals surface area (Å²) in [4.78, 5) is 47.8. The molecule has 1 unspecified atom stereocenters. The van der Waals surface area contributed by atoms with Gasteiger partial charge in [0.25, 0.3) is 0 Å². The topological polar surface area (TPSA) is 90.4 Å². The maximum atomic E-state index is 14.3.